The largest absolute Gasteiger partial charge is 0.353 e. The van der Waals surface area contributed by atoms with Crippen molar-refractivity contribution < 1.29 is 9.47 Å². The lowest BCUT2D eigenvalue weighted by molar-refractivity contribution is -0.231. The summed E-state index contributed by atoms with van der Waals surface area (Å²) in [4.78, 5) is 0. The summed E-state index contributed by atoms with van der Waals surface area (Å²) in [5.74, 6) is -0.311. The fourth-order valence-corrected chi connectivity index (χ4v) is 2.55. The first-order chi connectivity index (χ1) is 9.24. The van der Waals surface area contributed by atoms with Gasteiger partial charge in [0.1, 0.15) is 0 Å². The first kappa shape index (κ1) is 18.9. The third kappa shape index (κ3) is 9.45. The number of rotatable bonds is 14. The standard InChI is InChI=1S/C17H36O2/c1-5-8-9-10-11-12-13-15-17(18-4,14-6-2)19-16-7-3/h5-16H2,1-4H3. The summed E-state index contributed by atoms with van der Waals surface area (Å²) in [7, 11) is 1.80. The van der Waals surface area contributed by atoms with Crippen LogP contribution in [0.5, 0.6) is 0 Å². The molecule has 0 aliphatic heterocycles. The van der Waals surface area contributed by atoms with Crippen LogP contribution in [0, 0.1) is 0 Å². The average Bonchev–Trinajstić information content (AvgIpc) is 2.43. The maximum atomic E-state index is 5.99. The highest BCUT2D eigenvalue weighted by molar-refractivity contribution is 4.69. The first-order valence-electron chi connectivity index (χ1n) is 8.43. The van der Waals surface area contributed by atoms with Crippen LogP contribution in [0.1, 0.15) is 91.4 Å². The van der Waals surface area contributed by atoms with Crippen molar-refractivity contribution in [3.8, 4) is 0 Å². The second-order valence-corrected chi connectivity index (χ2v) is 5.58. The van der Waals surface area contributed by atoms with E-state index in [9.17, 15) is 0 Å². The third-order valence-electron chi connectivity index (χ3n) is 3.73. The predicted molar refractivity (Wildman–Crippen MR) is 83.5 cm³/mol. The van der Waals surface area contributed by atoms with Gasteiger partial charge in [0.05, 0.1) is 0 Å². The molecule has 0 fully saturated rings. The van der Waals surface area contributed by atoms with Gasteiger partial charge in [0, 0.05) is 26.6 Å². The molecule has 0 saturated carbocycles. The van der Waals surface area contributed by atoms with Gasteiger partial charge < -0.3 is 9.47 Å². The summed E-state index contributed by atoms with van der Waals surface area (Å²) in [6.45, 7) is 7.43. The molecule has 2 heteroatoms. The maximum absolute atomic E-state index is 5.99. The highest BCUT2D eigenvalue weighted by atomic mass is 16.7. The van der Waals surface area contributed by atoms with Gasteiger partial charge in [-0.3, -0.25) is 0 Å². The van der Waals surface area contributed by atoms with E-state index >= 15 is 0 Å². The quantitative estimate of drug-likeness (QED) is 0.298. The van der Waals surface area contributed by atoms with Crippen LogP contribution >= 0.6 is 0 Å². The Kier molecular flexibility index (Phi) is 12.9. The van der Waals surface area contributed by atoms with Gasteiger partial charge in [-0.2, -0.15) is 0 Å². The molecule has 2 nitrogen and oxygen atoms in total. The van der Waals surface area contributed by atoms with E-state index in [2.05, 4.69) is 20.8 Å². The molecule has 0 saturated heterocycles. The molecule has 0 aromatic heterocycles. The SMILES string of the molecule is CCCCCCCCCC(CCC)(OC)OCCC. The molecule has 0 aromatic carbocycles. The van der Waals surface area contributed by atoms with E-state index in [-0.39, 0.29) is 5.79 Å². The topological polar surface area (TPSA) is 18.5 Å². The smallest absolute Gasteiger partial charge is 0.167 e. The number of hydrogen-bond donors (Lipinski definition) is 0. The van der Waals surface area contributed by atoms with Gasteiger partial charge in [0.15, 0.2) is 5.79 Å². The van der Waals surface area contributed by atoms with Crippen molar-refractivity contribution in [3.63, 3.8) is 0 Å². The third-order valence-corrected chi connectivity index (χ3v) is 3.73. The molecule has 1 unspecified atom stereocenters. The molecule has 0 spiro atoms. The highest BCUT2D eigenvalue weighted by Gasteiger charge is 2.28. The fraction of sp³-hybridized carbons (Fsp3) is 1.00. The molecule has 0 rings (SSSR count). The Bertz CT molecular complexity index is 182. The van der Waals surface area contributed by atoms with Crippen molar-refractivity contribution in [1.82, 2.24) is 0 Å². The lowest BCUT2D eigenvalue weighted by Gasteiger charge is -2.32. The summed E-state index contributed by atoms with van der Waals surface area (Å²) >= 11 is 0. The number of methoxy groups -OCH3 is 1. The van der Waals surface area contributed by atoms with Crippen LogP contribution in [-0.2, 0) is 9.47 Å². The van der Waals surface area contributed by atoms with Gasteiger partial charge in [0.25, 0.3) is 0 Å². The van der Waals surface area contributed by atoms with E-state index in [4.69, 9.17) is 9.47 Å². The molecule has 0 N–H and O–H groups in total. The van der Waals surface area contributed by atoms with Crippen LogP contribution in [-0.4, -0.2) is 19.5 Å². The molecule has 0 heterocycles. The summed E-state index contributed by atoms with van der Waals surface area (Å²) < 4.78 is 11.7. The van der Waals surface area contributed by atoms with Gasteiger partial charge in [-0.15, -0.1) is 0 Å². The minimum atomic E-state index is -0.311. The Morgan fingerprint density at radius 3 is 1.84 bits per heavy atom. The molecular formula is C17H36O2. The highest BCUT2D eigenvalue weighted by Crippen LogP contribution is 2.27. The Morgan fingerprint density at radius 1 is 0.684 bits per heavy atom. The molecular weight excluding hydrogens is 236 g/mol. The van der Waals surface area contributed by atoms with E-state index in [1.807, 2.05) is 0 Å². The van der Waals surface area contributed by atoms with E-state index in [0.29, 0.717) is 0 Å². The Balaban J connectivity index is 3.84. The molecule has 0 bridgehead atoms. The summed E-state index contributed by atoms with van der Waals surface area (Å²) in [6, 6.07) is 0. The molecule has 0 radical (unpaired) electrons. The van der Waals surface area contributed by atoms with Crippen molar-refractivity contribution in [2.75, 3.05) is 13.7 Å². The minimum Gasteiger partial charge on any atom is -0.353 e. The molecule has 0 aliphatic rings. The molecule has 1 atom stereocenters. The number of hydrogen-bond acceptors (Lipinski definition) is 2. The normalized spacial score (nSPS) is 14.5. The predicted octanol–water partition coefficient (Wildman–Crippen LogP) is 5.70. The van der Waals surface area contributed by atoms with Crippen molar-refractivity contribution in [2.45, 2.75) is 97.2 Å². The molecule has 0 amide bonds. The Morgan fingerprint density at radius 2 is 1.32 bits per heavy atom. The van der Waals surface area contributed by atoms with Gasteiger partial charge in [-0.1, -0.05) is 65.7 Å². The van der Waals surface area contributed by atoms with Crippen molar-refractivity contribution in [2.24, 2.45) is 0 Å². The van der Waals surface area contributed by atoms with Crippen molar-refractivity contribution in [3.05, 3.63) is 0 Å². The van der Waals surface area contributed by atoms with E-state index < -0.39 is 0 Å². The van der Waals surface area contributed by atoms with Crippen LogP contribution in [0.3, 0.4) is 0 Å². The van der Waals surface area contributed by atoms with Crippen LogP contribution in [0.4, 0.5) is 0 Å². The Hall–Kier alpha value is -0.0800. The van der Waals surface area contributed by atoms with E-state index in [1.54, 1.807) is 7.11 Å². The van der Waals surface area contributed by atoms with E-state index in [0.717, 1.165) is 32.3 Å². The number of unbranched alkanes of at least 4 members (excludes halogenated alkanes) is 6. The van der Waals surface area contributed by atoms with Crippen molar-refractivity contribution in [1.29, 1.82) is 0 Å². The van der Waals surface area contributed by atoms with Gasteiger partial charge in [-0.25, -0.2) is 0 Å². The minimum absolute atomic E-state index is 0.311. The summed E-state index contributed by atoms with van der Waals surface area (Å²) in [5, 5.41) is 0. The second-order valence-electron chi connectivity index (χ2n) is 5.58. The number of ether oxygens (including phenoxy) is 2. The van der Waals surface area contributed by atoms with Crippen LogP contribution in [0.15, 0.2) is 0 Å². The zero-order valence-corrected chi connectivity index (χ0v) is 13.8. The summed E-state index contributed by atoms with van der Waals surface area (Å²) in [6.07, 6.45) is 13.6. The first-order valence-corrected chi connectivity index (χ1v) is 8.43. The molecule has 19 heavy (non-hydrogen) atoms. The monoisotopic (exact) mass is 272 g/mol. The lowest BCUT2D eigenvalue weighted by atomic mass is 10.0. The van der Waals surface area contributed by atoms with Crippen molar-refractivity contribution >= 4 is 0 Å². The molecule has 116 valence electrons. The Labute approximate surface area is 121 Å². The second kappa shape index (κ2) is 12.9. The van der Waals surface area contributed by atoms with Gasteiger partial charge in [-0.05, 0) is 12.8 Å². The molecule has 0 aliphatic carbocycles. The van der Waals surface area contributed by atoms with Crippen LogP contribution < -0.4 is 0 Å². The lowest BCUT2D eigenvalue weighted by Crippen LogP contribution is -2.35. The van der Waals surface area contributed by atoms with Crippen LogP contribution in [0.2, 0.25) is 0 Å². The van der Waals surface area contributed by atoms with Crippen LogP contribution in [0.25, 0.3) is 0 Å². The summed E-state index contributed by atoms with van der Waals surface area (Å²) in [5.41, 5.74) is 0. The maximum Gasteiger partial charge on any atom is 0.167 e. The van der Waals surface area contributed by atoms with Gasteiger partial charge >= 0.3 is 0 Å². The average molecular weight is 272 g/mol. The molecule has 0 aromatic rings. The fourth-order valence-electron chi connectivity index (χ4n) is 2.55. The zero-order chi connectivity index (χ0) is 14.4. The zero-order valence-electron chi connectivity index (χ0n) is 13.8. The van der Waals surface area contributed by atoms with Gasteiger partial charge in [0.2, 0.25) is 0 Å². The van der Waals surface area contributed by atoms with E-state index in [1.165, 1.54) is 44.9 Å².